The fourth-order valence-corrected chi connectivity index (χ4v) is 1.62. The van der Waals surface area contributed by atoms with Crippen LogP contribution >= 0.6 is 0 Å². The summed E-state index contributed by atoms with van der Waals surface area (Å²) in [5.74, 6) is 1.48. The molecule has 0 saturated carbocycles. The van der Waals surface area contributed by atoms with Crippen molar-refractivity contribution in [1.82, 2.24) is 9.97 Å². The number of nitrogens with zero attached hydrogens (tertiary/aromatic N) is 2. The van der Waals surface area contributed by atoms with Crippen LogP contribution in [0.25, 0.3) is 0 Å². The van der Waals surface area contributed by atoms with E-state index >= 15 is 0 Å². The Bertz CT molecular complexity index is 558. The van der Waals surface area contributed by atoms with Crippen LogP contribution in [0.3, 0.4) is 0 Å². The summed E-state index contributed by atoms with van der Waals surface area (Å²) in [7, 11) is 0. The number of aryl methyl sites for hydroxylation is 1. The maximum atomic E-state index is 13.5. The van der Waals surface area contributed by atoms with Gasteiger partial charge in [-0.2, -0.15) is 0 Å². The van der Waals surface area contributed by atoms with Gasteiger partial charge in [0, 0.05) is 19.2 Å². The second-order valence-corrected chi connectivity index (χ2v) is 4.01. The maximum Gasteiger partial charge on any atom is 0.146 e. The third-order valence-electron chi connectivity index (χ3n) is 2.42. The average Bonchev–Trinajstić information content (AvgIpc) is 2.38. The molecule has 0 radical (unpaired) electrons. The Balaban J connectivity index is 2.20. The van der Waals surface area contributed by atoms with Crippen molar-refractivity contribution < 1.29 is 4.39 Å². The van der Waals surface area contributed by atoms with E-state index in [-0.39, 0.29) is 5.82 Å². The van der Waals surface area contributed by atoms with Crippen LogP contribution in [-0.4, -0.2) is 23.1 Å². The number of benzene rings is 1. The predicted octanol–water partition coefficient (Wildman–Crippen LogP) is 2.04. The van der Waals surface area contributed by atoms with Crippen LogP contribution in [0, 0.1) is 12.7 Å². The van der Waals surface area contributed by atoms with Crippen LogP contribution in [0.5, 0.6) is 0 Å². The first-order chi connectivity index (χ1) is 9.19. The zero-order chi connectivity index (χ0) is 13.7. The number of nitrogens with two attached hydrogens (primary N) is 1. The Kier molecular flexibility index (Phi) is 4.25. The van der Waals surface area contributed by atoms with Crippen LogP contribution in [0.1, 0.15) is 5.82 Å². The summed E-state index contributed by atoms with van der Waals surface area (Å²) in [6.07, 6.45) is 0. The van der Waals surface area contributed by atoms with Gasteiger partial charge in [0.15, 0.2) is 0 Å². The highest BCUT2D eigenvalue weighted by Gasteiger charge is 2.05. The van der Waals surface area contributed by atoms with Crippen molar-refractivity contribution in [1.29, 1.82) is 0 Å². The molecule has 1 aromatic carbocycles. The van der Waals surface area contributed by atoms with E-state index < -0.39 is 0 Å². The lowest BCUT2D eigenvalue weighted by Crippen LogP contribution is -2.14. The quantitative estimate of drug-likeness (QED) is 0.768. The van der Waals surface area contributed by atoms with Gasteiger partial charge >= 0.3 is 0 Å². The summed E-state index contributed by atoms with van der Waals surface area (Å²) in [6.45, 7) is 2.91. The topological polar surface area (TPSA) is 75.9 Å². The molecule has 1 aromatic heterocycles. The fraction of sp³-hybridized carbons (Fsp3) is 0.231. The molecule has 5 nitrogen and oxygen atoms in total. The third kappa shape index (κ3) is 3.62. The molecule has 2 aromatic rings. The van der Waals surface area contributed by atoms with Crippen LogP contribution in [0.15, 0.2) is 30.3 Å². The van der Waals surface area contributed by atoms with E-state index in [4.69, 9.17) is 5.73 Å². The molecule has 6 heteroatoms. The van der Waals surface area contributed by atoms with Crippen molar-refractivity contribution in [3.63, 3.8) is 0 Å². The Morgan fingerprint density at radius 3 is 2.68 bits per heavy atom. The average molecular weight is 261 g/mol. The Hall–Kier alpha value is -2.21. The summed E-state index contributed by atoms with van der Waals surface area (Å²) in [6, 6.07) is 8.16. The molecule has 0 amide bonds. The van der Waals surface area contributed by atoms with Gasteiger partial charge in [0.2, 0.25) is 0 Å². The Morgan fingerprint density at radius 2 is 1.95 bits per heavy atom. The van der Waals surface area contributed by atoms with Crippen LogP contribution in [-0.2, 0) is 0 Å². The lowest BCUT2D eigenvalue weighted by atomic mass is 10.3. The number of nitrogens with one attached hydrogen (secondary N) is 2. The molecular formula is C13H16FN5. The van der Waals surface area contributed by atoms with E-state index in [9.17, 15) is 4.39 Å². The van der Waals surface area contributed by atoms with E-state index in [0.717, 1.165) is 0 Å². The molecule has 0 atom stereocenters. The monoisotopic (exact) mass is 261 g/mol. The summed E-state index contributed by atoms with van der Waals surface area (Å²) in [4.78, 5) is 8.44. The molecule has 0 fully saturated rings. The number of halogens is 1. The fourth-order valence-electron chi connectivity index (χ4n) is 1.62. The van der Waals surface area contributed by atoms with Crippen LogP contribution in [0.2, 0.25) is 0 Å². The Labute approximate surface area is 111 Å². The van der Waals surface area contributed by atoms with E-state index in [1.165, 1.54) is 6.07 Å². The van der Waals surface area contributed by atoms with Crippen molar-refractivity contribution in [3.05, 3.63) is 42.0 Å². The summed E-state index contributed by atoms with van der Waals surface area (Å²) < 4.78 is 13.5. The van der Waals surface area contributed by atoms with Crippen molar-refractivity contribution in [2.45, 2.75) is 6.92 Å². The molecule has 0 spiro atoms. The van der Waals surface area contributed by atoms with E-state index in [1.54, 1.807) is 31.2 Å². The van der Waals surface area contributed by atoms with Gasteiger partial charge in [-0.05, 0) is 19.1 Å². The minimum atomic E-state index is -0.324. The normalized spacial score (nSPS) is 10.3. The SMILES string of the molecule is Cc1nc(NCCN)cc(Nc2ccccc2F)n1. The first-order valence-corrected chi connectivity index (χ1v) is 6.00. The van der Waals surface area contributed by atoms with Gasteiger partial charge in [-0.3, -0.25) is 0 Å². The second kappa shape index (κ2) is 6.10. The minimum Gasteiger partial charge on any atom is -0.369 e. The van der Waals surface area contributed by atoms with Crippen LogP contribution in [0.4, 0.5) is 21.7 Å². The number of hydrogen-bond acceptors (Lipinski definition) is 5. The number of para-hydroxylation sites is 1. The number of aromatic nitrogens is 2. The smallest absolute Gasteiger partial charge is 0.146 e. The molecule has 2 rings (SSSR count). The molecular weight excluding hydrogens is 245 g/mol. The van der Waals surface area contributed by atoms with Crippen molar-refractivity contribution >= 4 is 17.3 Å². The number of anilines is 3. The standard InChI is InChI=1S/C13H16FN5/c1-9-17-12(16-7-6-15)8-13(18-9)19-11-5-3-2-4-10(11)14/h2-5,8H,6-7,15H2,1H3,(H2,16,17,18,19). The molecule has 19 heavy (non-hydrogen) atoms. The van der Waals surface area contributed by atoms with Crippen molar-refractivity contribution in [2.24, 2.45) is 5.73 Å². The van der Waals surface area contributed by atoms with Crippen molar-refractivity contribution in [2.75, 3.05) is 23.7 Å². The van der Waals surface area contributed by atoms with Crippen LogP contribution < -0.4 is 16.4 Å². The highest BCUT2D eigenvalue weighted by molar-refractivity contribution is 5.59. The number of rotatable bonds is 5. The van der Waals surface area contributed by atoms with Gasteiger partial charge in [0.1, 0.15) is 23.3 Å². The molecule has 100 valence electrons. The second-order valence-electron chi connectivity index (χ2n) is 4.01. The molecule has 1 heterocycles. The highest BCUT2D eigenvalue weighted by Crippen LogP contribution is 2.19. The molecule has 0 aliphatic heterocycles. The molecule has 4 N–H and O–H groups in total. The Morgan fingerprint density at radius 1 is 1.21 bits per heavy atom. The zero-order valence-electron chi connectivity index (χ0n) is 10.7. The number of hydrogen-bond donors (Lipinski definition) is 3. The van der Waals surface area contributed by atoms with Crippen molar-refractivity contribution in [3.8, 4) is 0 Å². The summed E-state index contributed by atoms with van der Waals surface area (Å²) >= 11 is 0. The molecule has 0 bridgehead atoms. The first kappa shape index (κ1) is 13.2. The third-order valence-corrected chi connectivity index (χ3v) is 2.42. The maximum absolute atomic E-state index is 13.5. The minimum absolute atomic E-state index is 0.324. The van der Waals surface area contributed by atoms with E-state index in [0.29, 0.717) is 36.2 Å². The lowest BCUT2D eigenvalue weighted by Gasteiger charge is -2.10. The largest absolute Gasteiger partial charge is 0.369 e. The van der Waals surface area contributed by atoms with Gasteiger partial charge in [0.05, 0.1) is 5.69 Å². The van der Waals surface area contributed by atoms with Gasteiger partial charge in [0.25, 0.3) is 0 Å². The van der Waals surface area contributed by atoms with Gasteiger partial charge in [-0.15, -0.1) is 0 Å². The summed E-state index contributed by atoms with van der Waals surface area (Å²) in [5, 5.41) is 6.00. The predicted molar refractivity (Wildman–Crippen MR) is 74.0 cm³/mol. The lowest BCUT2D eigenvalue weighted by molar-refractivity contribution is 0.632. The van der Waals surface area contributed by atoms with Gasteiger partial charge in [-0.25, -0.2) is 14.4 Å². The molecule has 0 saturated heterocycles. The van der Waals surface area contributed by atoms with Gasteiger partial charge in [-0.1, -0.05) is 12.1 Å². The molecule has 0 unspecified atom stereocenters. The van der Waals surface area contributed by atoms with Gasteiger partial charge < -0.3 is 16.4 Å². The highest BCUT2D eigenvalue weighted by atomic mass is 19.1. The molecule has 0 aliphatic rings. The molecule has 0 aliphatic carbocycles. The van der Waals surface area contributed by atoms with E-state index in [2.05, 4.69) is 20.6 Å². The first-order valence-electron chi connectivity index (χ1n) is 6.00. The zero-order valence-corrected chi connectivity index (χ0v) is 10.7. The van der Waals surface area contributed by atoms with E-state index in [1.807, 2.05) is 0 Å². The summed E-state index contributed by atoms with van der Waals surface area (Å²) in [5.41, 5.74) is 5.80.